The van der Waals surface area contributed by atoms with Crippen molar-refractivity contribution in [3.8, 4) is 44.5 Å². The van der Waals surface area contributed by atoms with Crippen LogP contribution in [-0.4, -0.2) is 0 Å². The Morgan fingerprint density at radius 2 is 1.01 bits per heavy atom. The van der Waals surface area contributed by atoms with Crippen LogP contribution >= 0.6 is 23.4 Å². The van der Waals surface area contributed by atoms with Crippen LogP contribution in [0.4, 0.5) is 17.1 Å². The van der Waals surface area contributed by atoms with E-state index in [0.29, 0.717) is 0 Å². The van der Waals surface area contributed by atoms with Crippen LogP contribution in [0.3, 0.4) is 0 Å². The molecule has 1 spiro atoms. The van der Waals surface area contributed by atoms with Crippen molar-refractivity contribution in [2.24, 2.45) is 0 Å². The molecule has 0 saturated carbocycles. The summed E-state index contributed by atoms with van der Waals surface area (Å²) >= 11 is 9.53. The quantitative estimate of drug-likeness (QED) is 0.171. The Balaban J connectivity index is 1.11. The number of benzene rings is 10. The summed E-state index contributed by atoms with van der Waals surface area (Å²) < 4.78 is 7.01. The SMILES string of the molecule is CC1(C)c2ccccc2-c2ccc(-c3ccccc3N(c3cccc4c3-c3c(Cl)cccc3C43c4ccccc4Sc4ccccc43)c3ccc(-c4ccccc4)c4oc5ccccc5c34)cc21. The fourth-order valence-corrected chi connectivity index (χ4v) is 13.6. The van der Waals surface area contributed by atoms with Gasteiger partial charge in [0.15, 0.2) is 0 Å². The lowest BCUT2D eigenvalue weighted by Crippen LogP contribution is -2.32. The van der Waals surface area contributed by atoms with Gasteiger partial charge in [0.1, 0.15) is 11.2 Å². The van der Waals surface area contributed by atoms with Crippen molar-refractivity contribution in [3.05, 3.63) is 257 Å². The monoisotopic (exact) mass is 907 g/mol. The third-order valence-electron chi connectivity index (χ3n) is 15.0. The van der Waals surface area contributed by atoms with Crippen molar-refractivity contribution in [1.29, 1.82) is 0 Å². The Kier molecular flexibility index (Phi) is 8.57. The van der Waals surface area contributed by atoms with E-state index in [9.17, 15) is 0 Å². The molecule has 0 radical (unpaired) electrons. The van der Waals surface area contributed by atoms with Gasteiger partial charge >= 0.3 is 0 Å². The average molecular weight is 909 g/mol. The smallest absolute Gasteiger partial charge is 0.145 e. The van der Waals surface area contributed by atoms with Gasteiger partial charge in [-0.25, -0.2) is 0 Å². The highest BCUT2D eigenvalue weighted by Gasteiger charge is 2.52. The van der Waals surface area contributed by atoms with Crippen LogP contribution in [0.5, 0.6) is 0 Å². The lowest BCUT2D eigenvalue weighted by Gasteiger charge is -2.39. The minimum absolute atomic E-state index is 0.161. The first kappa shape index (κ1) is 39.6. The Morgan fingerprint density at radius 1 is 0.426 bits per heavy atom. The maximum absolute atomic E-state index is 7.67. The second-order valence-corrected chi connectivity index (χ2v) is 20.3. The number of rotatable bonds is 5. The topological polar surface area (TPSA) is 16.4 Å². The molecule has 0 N–H and O–H groups in total. The molecule has 1 aromatic heterocycles. The maximum Gasteiger partial charge on any atom is 0.145 e. The molecule has 0 amide bonds. The van der Waals surface area contributed by atoms with Crippen molar-refractivity contribution in [1.82, 2.24) is 0 Å². The summed E-state index contributed by atoms with van der Waals surface area (Å²) in [7, 11) is 0. The molecule has 0 atom stereocenters. The summed E-state index contributed by atoms with van der Waals surface area (Å²) in [5.74, 6) is 0. The number of fused-ring (bicyclic) bond motifs is 15. The number of hydrogen-bond acceptors (Lipinski definition) is 3. The number of para-hydroxylation sites is 2. The zero-order valence-corrected chi connectivity index (χ0v) is 39.0. The number of halogens is 1. The average Bonchev–Trinajstić information content (AvgIpc) is 4.00. The van der Waals surface area contributed by atoms with Gasteiger partial charge in [0, 0.05) is 47.9 Å². The van der Waals surface area contributed by atoms with Gasteiger partial charge in [-0.05, 0) is 110 Å². The van der Waals surface area contributed by atoms with Crippen molar-refractivity contribution >= 4 is 62.4 Å². The minimum atomic E-state index is -0.620. The molecule has 68 heavy (non-hydrogen) atoms. The predicted molar refractivity (Wildman–Crippen MR) is 283 cm³/mol. The Morgan fingerprint density at radius 3 is 1.81 bits per heavy atom. The standard InChI is InChI=1S/C64H42ClNOS/c1-63(2)46-23-9-6-21-43(46)44-35-34-40(38-51(44)63)41-20-7-12-29-53(41)66(55-37-36-42(39-18-4-3-5-19-39)62-59(55)45-22-8-13-31-56(45)67-62)54-30-17-27-50-61(54)60-49(26-16-28-52(60)65)64(50)47-24-10-14-32-57(47)68-58-33-15-11-25-48(58)64/h3-38H,1-2H3. The number of nitrogens with zero attached hydrogens (tertiary/aromatic N) is 1. The highest BCUT2D eigenvalue weighted by molar-refractivity contribution is 7.99. The van der Waals surface area contributed by atoms with Crippen LogP contribution in [0.1, 0.15) is 47.2 Å². The second kappa shape index (κ2) is 14.7. The largest absolute Gasteiger partial charge is 0.455 e. The molecule has 1 aliphatic heterocycles. The molecule has 0 unspecified atom stereocenters. The first-order chi connectivity index (χ1) is 33.4. The van der Waals surface area contributed by atoms with Gasteiger partial charge in [0.05, 0.1) is 27.9 Å². The summed E-state index contributed by atoms with van der Waals surface area (Å²) in [6, 6.07) is 79.9. The molecule has 11 aromatic rings. The number of hydrogen-bond donors (Lipinski definition) is 0. The zero-order valence-electron chi connectivity index (χ0n) is 37.4. The Labute approximate surface area is 405 Å². The van der Waals surface area contributed by atoms with Gasteiger partial charge in [-0.2, -0.15) is 0 Å². The summed E-state index contributed by atoms with van der Waals surface area (Å²) in [5, 5.41) is 2.84. The molecule has 10 aromatic carbocycles. The summed E-state index contributed by atoms with van der Waals surface area (Å²) in [4.78, 5) is 5.02. The van der Waals surface area contributed by atoms with E-state index < -0.39 is 5.41 Å². The molecule has 2 aliphatic carbocycles. The molecular weight excluding hydrogens is 866 g/mol. The second-order valence-electron chi connectivity index (χ2n) is 18.8. The van der Waals surface area contributed by atoms with E-state index in [1.54, 1.807) is 0 Å². The molecule has 2 heterocycles. The Hall–Kier alpha value is -7.56. The van der Waals surface area contributed by atoms with Gasteiger partial charge < -0.3 is 9.32 Å². The minimum Gasteiger partial charge on any atom is -0.455 e. The van der Waals surface area contributed by atoms with Gasteiger partial charge in [-0.3, -0.25) is 0 Å². The predicted octanol–water partition coefficient (Wildman–Crippen LogP) is 18.2. The van der Waals surface area contributed by atoms with Gasteiger partial charge in [-0.1, -0.05) is 201 Å². The first-order valence-corrected chi connectivity index (χ1v) is 24.6. The van der Waals surface area contributed by atoms with E-state index in [2.05, 4.69) is 237 Å². The third-order valence-corrected chi connectivity index (χ3v) is 16.5. The van der Waals surface area contributed by atoms with Crippen molar-refractivity contribution in [2.75, 3.05) is 4.90 Å². The summed E-state index contributed by atoms with van der Waals surface area (Å²) in [6.07, 6.45) is 0. The molecule has 322 valence electrons. The lowest BCUT2D eigenvalue weighted by atomic mass is 9.67. The molecule has 4 heteroatoms. The summed E-state index contributed by atoms with van der Waals surface area (Å²) in [6.45, 7) is 4.72. The van der Waals surface area contributed by atoms with E-state index in [0.717, 1.165) is 77.4 Å². The van der Waals surface area contributed by atoms with Crippen molar-refractivity contribution in [3.63, 3.8) is 0 Å². The number of anilines is 3. The van der Waals surface area contributed by atoms with Crippen LogP contribution in [-0.2, 0) is 10.8 Å². The van der Waals surface area contributed by atoms with Crippen LogP contribution in [0, 0.1) is 0 Å². The van der Waals surface area contributed by atoms with E-state index in [4.69, 9.17) is 16.0 Å². The summed E-state index contributed by atoms with van der Waals surface area (Å²) in [5.41, 5.74) is 20.9. The fourth-order valence-electron chi connectivity index (χ4n) is 12.1. The highest BCUT2D eigenvalue weighted by Crippen LogP contribution is 2.66. The van der Waals surface area contributed by atoms with E-state index >= 15 is 0 Å². The fraction of sp³-hybridized carbons (Fsp3) is 0.0625. The molecule has 0 saturated heterocycles. The molecule has 0 fully saturated rings. The molecule has 0 bridgehead atoms. The van der Waals surface area contributed by atoms with E-state index in [-0.39, 0.29) is 5.41 Å². The van der Waals surface area contributed by atoms with Gasteiger partial charge in [-0.15, -0.1) is 0 Å². The maximum atomic E-state index is 7.67. The molecule has 14 rings (SSSR count). The van der Waals surface area contributed by atoms with Crippen LogP contribution in [0.15, 0.2) is 233 Å². The van der Waals surface area contributed by atoms with E-state index in [1.807, 2.05) is 11.8 Å². The van der Waals surface area contributed by atoms with Crippen molar-refractivity contribution < 1.29 is 4.42 Å². The van der Waals surface area contributed by atoms with Crippen LogP contribution in [0.25, 0.3) is 66.4 Å². The molecular formula is C64H42ClNOS. The zero-order chi connectivity index (χ0) is 45.3. The third kappa shape index (κ3) is 5.37. The molecule has 2 nitrogen and oxygen atoms in total. The Bertz CT molecular complexity index is 3860. The molecule has 3 aliphatic rings. The van der Waals surface area contributed by atoms with Gasteiger partial charge in [0.25, 0.3) is 0 Å². The highest BCUT2D eigenvalue weighted by atomic mass is 35.5. The lowest BCUT2D eigenvalue weighted by molar-refractivity contribution is 0.660. The normalized spacial score (nSPS) is 14.3. The number of furan rings is 1. The van der Waals surface area contributed by atoms with Crippen LogP contribution in [0.2, 0.25) is 5.02 Å². The van der Waals surface area contributed by atoms with Gasteiger partial charge in [0.2, 0.25) is 0 Å². The van der Waals surface area contributed by atoms with Crippen molar-refractivity contribution in [2.45, 2.75) is 34.5 Å². The first-order valence-electron chi connectivity index (χ1n) is 23.4. The van der Waals surface area contributed by atoms with Crippen LogP contribution < -0.4 is 4.90 Å². The van der Waals surface area contributed by atoms with E-state index in [1.165, 1.54) is 54.3 Å².